The van der Waals surface area contributed by atoms with Gasteiger partial charge in [-0.2, -0.15) is 0 Å². The van der Waals surface area contributed by atoms with Gasteiger partial charge in [0.05, 0.1) is 16.7 Å². The summed E-state index contributed by atoms with van der Waals surface area (Å²) in [5.41, 5.74) is 6.98. The molecule has 2 atom stereocenters. The molecular weight excluding hydrogens is 266 g/mol. The van der Waals surface area contributed by atoms with E-state index in [-0.39, 0.29) is 17.9 Å². The minimum absolute atomic E-state index is 0.0197. The molecule has 1 heterocycles. The van der Waals surface area contributed by atoms with E-state index in [9.17, 15) is 5.11 Å². The van der Waals surface area contributed by atoms with E-state index in [1.54, 1.807) is 6.07 Å². The second-order valence-electron chi connectivity index (χ2n) is 4.90. The fourth-order valence-corrected chi connectivity index (χ4v) is 2.61. The van der Waals surface area contributed by atoms with Gasteiger partial charge in [-0.25, -0.2) is 0 Å². The van der Waals surface area contributed by atoms with Gasteiger partial charge in [0.1, 0.15) is 0 Å². The molecule has 0 saturated carbocycles. The highest BCUT2D eigenvalue weighted by Gasteiger charge is 2.26. The number of β-amino-alcohol motifs (C(OH)–C–C–N with tert-alkyl or cyclic N) is 1. The Hall–Kier alpha value is -1.46. The molecule has 0 amide bonds. The predicted octanol–water partition coefficient (Wildman–Crippen LogP) is 1.64. The number of nitrogens with zero attached hydrogens (tertiary/aromatic N) is 2. The molecule has 1 aliphatic rings. The van der Waals surface area contributed by atoms with Crippen LogP contribution in [0.4, 0.5) is 5.69 Å². The Morgan fingerprint density at radius 3 is 2.89 bits per heavy atom. The van der Waals surface area contributed by atoms with E-state index in [4.69, 9.17) is 22.5 Å². The first-order valence-electron chi connectivity index (χ1n) is 6.24. The lowest BCUT2D eigenvalue weighted by atomic mass is 9.95. The normalized spacial score (nSPS) is 24.6. The lowest BCUT2D eigenvalue weighted by molar-refractivity contribution is 0.103. The van der Waals surface area contributed by atoms with Crippen molar-refractivity contribution in [2.24, 2.45) is 16.8 Å². The highest BCUT2D eigenvalue weighted by atomic mass is 35.5. The molecule has 104 valence electrons. The number of hydrogen-bond donors (Lipinski definition) is 3. The Balaban J connectivity index is 2.37. The molecule has 1 aromatic carbocycles. The van der Waals surface area contributed by atoms with E-state index in [1.807, 2.05) is 24.0 Å². The molecule has 0 spiro atoms. The van der Waals surface area contributed by atoms with Crippen molar-refractivity contribution in [3.05, 3.63) is 28.8 Å². The summed E-state index contributed by atoms with van der Waals surface area (Å²) in [5, 5.41) is 22.3. The molecule has 1 saturated heterocycles. The highest BCUT2D eigenvalue weighted by molar-refractivity contribution is 6.34. The van der Waals surface area contributed by atoms with Gasteiger partial charge in [0.2, 0.25) is 0 Å². The van der Waals surface area contributed by atoms with Crippen LogP contribution in [0.3, 0.4) is 0 Å². The summed E-state index contributed by atoms with van der Waals surface area (Å²) >= 11 is 6.13. The predicted molar refractivity (Wildman–Crippen MR) is 76.0 cm³/mol. The molecule has 2 rings (SSSR count). The van der Waals surface area contributed by atoms with E-state index in [0.717, 1.165) is 18.7 Å². The maximum Gasteiger partial charge on any atom is 0.173 e. The first kappa shape index (κ1) is 14.0. The zero-order chi connectivity index (χ0) is 14.0. The minimum atomic E-state index is -0.382. The van der Waals surface area contributed by atoms with Crippen molar-refractivity contribution in [3.63, 3.8) is 0 Å². The fraction of sp³-hybridized carbons (Fsp3) is 0.462. The number of oxime groups is 1. The van der Waals surface area contributed by atoms with Crippen LogP contribution in [-0.2, 0) is 0 Å². The van der Waals surface area contributed by atoms with Crippen LogP contribution in [0.1, 0.15) is 18.9 Å². The number of nitrogens with two attached hydrogens (primary N) is 1. The minimum Gasteiger partial charge on any atom is -0.409 e. The topological polar surface area (TPSA) is 82.1 Å². The molecular formula is C13H18ClN3O2. The molecule has 1 aromatic rings. The zero-order valence-corrected chi connectivity index (χ0v) is 11.5. The molecule has 6 heteroatoms. The van der Waals surface area contributed by atoms with E-state index in [0.29, 0.717) is 17.1 Å². The van der Waals surface area contributed by atoms with Crippen molar-refractivity contribution in [1.82, 2.24) is 0 Å². The van der Waals surface area contributed by atoms with E-state index in [2.05, 4.69) is 5.16 Å². The molecule has 1 fully saturated rings. The molecule has 5 nitrogen and oxygen atoms in total. The van der Waals surface area contributed by atoms with Crippen molar-refractivity contribution < 1.29 is 10.3 Å². The number of anilines is 1. The number of aliphatic hydroxyl groups excluding tert-OH is 1. The number of halogens is 1. The summed E-state index contributed by atoms with van der Waals surface area (Å²) in [6.45, 7) is 3.36. The molecule has 0 aliphatic carbocycles. The van der Waals surface area contributed by atoms with Gasteiger partial charge < -0.3 is 20.9 Å². The van der Waals surface area contributed by atoms with Crippen LogP contribution in [0.25, 0.3) is 0 Å². The molecule has 1 aliphatic heterocycles. The quantitative estimate of drug-likeness (QED) is 0.333. The van der Waals surface area contributed by atoms with Crippen molar-refractivity contribution in [3.8, 4) is 0 Å². The lowest BCUT2D eigenvalue weighted by Crippen LogP contribution is -2.43. The van der Waals surface area contributed by atoms with Gasteiger partial charge >= 0.3 is 0 Å². The van der Waals surface area contributed by atoms with Gasteiger partial charge in [-0.15, -0.1) is 0 Å². The fourth-order valence-electron chi connectivity index (χ4n) is 2.35. The Bertz CT molecular complexity index is 493. The number of piperidine rings is 1. The molecule has 4 N–H and O–H groups in total. The number of amidine groups is 1. The number of benzene rings is 1. The molecule has 2 unspecified atom stereocenters. The number of rotatable bonds is 2. The summed E-state index contributed by atoms with van der Waals surface area (Å²) < 4.78 is 0. The van der Waals surface area contributed by atoms with Crippen LogP contribution in [0, 0.1) is 5.92 Å². The van der Waals surface area contributed by atoms with E-state index < -0.39 is 0 Å². The first-order chi connectivity index (χ1) is 9.04. The third-order valence-electron chi connectivity index (χ3n) is 3.61. The van der Waals surface area contributed by atoms with Crippen molar-refractivity contribution in [2.75, 3.05) is 18.0 Å². The molecule has 0 aromatic heterocycles. The van der Waals surface area contributed by atoms with Gasteiger partial charge in [-0.05, 0) is 24.5 Å². The van der Waals surface area contributed by atoms with Gasteiger partial charge in [0.15, 0.2) is 5.84 Å². The second kappa shape index (κ2) is 5.67. The third-order valence-corrected chi connectivity index (χ3v) is 3.93. The van der Waals surface area contributed by atoms with Crippen LogP contribution in [-0.4, -0.2) is 35.3 Å². The van der Waals surface area contributed by atoms with E-state index in [1.165, 1.54) is 0 Å². The van der Waals surface area contributed by atoms with Crippen LogP contribution in [0.5, 0.6) is 0 Å². The maximum absolute atomic E-state index is 9.98. The van der Waals surface area contributed by atoms with Crippen LogP contribution < -0.4 is 10.6 Å². The highest BCUT2D eigenvalue weighted by Crippen LogP contribution is 2.30. The molecule has 0 radical (unpaired) electrons. The maximum atomic E-state index is 9.98. The molecule has 0 bridgehead atoms. The van der Waals surface area contributed by atoms with Crippen LogP contribution >= 0.6 is 11.6 Å². The van der Waals surface area contributed by atoms with Crippen LogP contribution in [0.15, 0.2) is 23.4 Å². The van der Waals surface area contributed by atoms with Crippen LogP contribution in [0.2, 0.25) is 5.02 Å². The largest absolute Gasteiger partial charge is 0.409 e. The summed E-state index contributed by atoms with van der Waals surface area (Å²) in [5.74, 6) is 0.261. The summed E-state index contributed by atoms with van der Waals surface area (Å²) in [6.07, 6.45) is 0.511. The first-order valence-corrected chi connectivity index (χ1v) is 6.61. The average Bonchev–Trinajstić information content (AvgIpc) is 2.41. The number of hydrogen-bond acceptors (Lipinski definition) is 4. The zero-order valence-electron chi connectivity index (χ0n) is 10.8. The average molecular weight is 284 g/mol. The van der Waals surface area contributed by atoms with Crippen molar-refractivity contribution in [2.45, 2.75) is 19.4 Å². The monoisotopic (exact) mass is 283 g/mol. The Labute approximate surface area is 117 Å². The Morgan fingerprint density at radius 2 is 2.26 bits per heavy atom. The second-order valence-corrected chi connectivity index (χ2v) is 5.31. The van der Waals surface area contributed by atoms with Crippen molar-refractivity contribution in [1.29, 1.82) is 0 Å². The Kier molecular flexibility index (Phi) is 4.17. The standard InChI is InChI=1S/C13H18ClN3O2/c1-8-5-6-17(7-11(8)18)10-4-2-3-9(14)12(10)13(15)16-19/h2-4,8,11,18-19H,5-7H2,1H3,(H2,15,16). The summed E-state index contributed by atoms with van der Waals surface area (Å²) in [4.78, 5) is 2.02. The lowest BCUT2D eigenvalue weighted by Gasteiger charge is -2.36. The summed E-state index contributed by atoms with van der Waals surface area (Å²) in [7, 11) is 0. The summed E-state index contributed by atoms with van der Waals surface area (Å²) in [6, 6.07) is 5.37. The van der Waals surface area contributed by atoms with E-state index >= 15 is 0 Å². The molecule has 19 heavy (non-hydrogen) atoms. The van der Waals surface area contributed by atoms with Crippen molar-refractivity contribution >= 4 is 23.1 Å². The van der Waals surface area contributed by atoms with Gasteiger partial charge in [-0.3, -0.25) is 0 Å². The van der Waals surface area contributed by atoms with Gasteiger partial charge in [-0.1, -0.05) is 29.7 Å². The Morgan fingerprint density at radius 1 is 1.53 bits per heavy atom. The SMILES string of the molecule is CC1CCN(c2cccc(Cl)c2/C(N)=N/O)CC1O. The van der Waals surface area contributed by atoms with Gasteiger partial charge in [0, 0.05) is 18.8 Å². The smallest absolute Gasteiger partial charge is 0.173 e. The number of aliphatic hydroxyl groups is 1. The third kappa shape index (κ3) is 2.77. The van der Waals surface area contributed by atoms with Gasteiger partial charge in [0.25, 0.3) is 0 Å².